The van der Waals surface area contributed by atoms with Crippen LogP contribution in [0.3, 0.4) is 0 Å². The van der Waals surface area contributed by atoms with Gasteiger partial charge in [0, 0.05) is 6.04 Å². The Morgan fingerprint density at radius 3 is 2.77 bits per heavy atom. The van der Waals surface area contributed by atoms with Gasteiger partial charge in [-0.15, -0.1) is 0 Å². The van der Waals surface area contributed by atoms with E-state index in [4.69, 9.17) is 9.84 Å². The highest BCUT2D eigenvalue weighted by Gasteiger charge is 2.30. The summed E-state index contributed by atoms with van der Waals surface area (Å²) in [6, 6.07) is 9.51. The van der Waals surface area contributed by atoms with Crippen molar-refractivity contribution in [1.82, 2.24) is 5.32 Å². The summed E-state index contributed by atoms with van der Waals surface area (Å²) in [7, 11) is 0. The molecule has 1 aromatic carbocycles. The van der Waals surface area contributed by atoms with Crippen LogP contribution >= 0.6 is 0 Å². The summed E-state index contributed by atoms with van der Waals surface area (Å²) in [5.74, 6) is -0.828. The van der Waals surface area contributed by atoms with E-state index in [1.165, 1.54) is 0 Å². The molecule has 1 aliphatic heterocycles. The normalized spacial score (nSPS) is 22.1. The molecule has 0 fully saturated rings. The van der Waals surface area contributed by atoms with Crippen molar-refractivity contribution >= 4 is 5.97 Å². The Morgan fingerprint density at radius 1 is 1.31 bits per heavy atom. The lowest BCUT2D eigenvalue weighted by atomic mass is 9.94. The maximum atomic E-state index is 11.0. The van der Waals surface area contributed by atoms with Crippen molar-refractivity contribution in [3.05, 3.63) is 48.0 Å². The number of rotatable bonds is 11. The lowest BCUT2D eigenvalue weighted by Crippen LogP contribution is -2.51. The Hall–Kier alpha value is -1.69. The van der Waals surface area contributed by atoms with Gasteiger partial charge < -0.3 is 20.3 Å². The number of aliphatic carboxylic acids is 1. The number of carboxylic acids is 1. The molecule has 1 heterocycles. The minimum absolute atomic E-state index is 0.0545. The van der Waals surface area contributed by atoms with Gasteiger partial charge in [0.1, 0.15) is 0 Å². The first-order valence-electron chi connectivity index (χ1n) is 9.58. The van der Waals surface area contributed by atoms with Crippen LogP contribution in [0.15, 0.2) is 42.5 Å². The van der Waals surface area contributed by atoms with Crippen molar-refractivity contribution in [3.8, 4) is 0 Å². The van der Waals surface area contributed by atoms with Crippen LogP contribution in [0, 0.1) is 0 Å². The van der Waals surface area contributed by atoms with Gasteiger partial charge in [-0.25, -0.2) is 0 Å². The summed E-state index contributed by atoms with van der Waals surface area (Å²) in [6.07, 6.45) is 7.63. The number of aliphatic hydroxyl groups excluding tert-OH is 1. The highest BCUT2D eigenvalue weighted by molar-refractivity contribution is 5.67. The first kappa shape index (κ1) is 20.6. The molecule has 1 aromatic rings. The van der Waals surface area contributed by atoms with E-state index in [0.29, 0.717) is 13.0 Å². The molecule has 0 unspecified atom stereocenters. The molecule has 4 atom stereocenters. The average Bonchev–Trinajstić information content (AvgIpc) is 2.64. The number of carbonyl (C=O) groups is 1. The monoisotopic (exact) mass is 361 g/mol. The average molecular weight is 361 g/mol. The molecular weight excluding hydrogens is 330 g/mol. The first-order valence-corrected chi connectivity index (χ1v) is 9.58. The molecule has 144 valence electrons. The molecule has 3 N–H and O–H groups in total. The van der Waals surface area contributed by atoms with E-state index in [-0.39, 0.29) is 24.6 Å². The topological polar surface area (TPSA) is 78.8 Å². The zero-order valence-corrected chi connectivity index (χ0v) is 15.5. The van der Waals surface area contributed by atoms with Crippen LogP contribution in [0.25, 0.3) is 0 Å². The van der Waals surface area contributed by atoms with Gasteiger partial charge in [-0.2, -0.15) is 0 Å². The molecule has 5 heteroatoms. The van der Waals surface area contributed by atoms with Crippen molar-refractivity contribution in [1.29, 1.82) is 0 Å². The number of carboxylic acid groups (broad SMARTS) is 1. The van der Waals surface area contributed by atoms with Gasteiger partial charge in [0.15, 0.2) is 0 Å². The summed E-state index contributed by atoms with van der Waals surface area (Å²) < 4.78 is 6.07. The maximum absolute atomic E-state index is 11.0. The highest BCUT2D eigenvalue weighted by Crippen LogP contribution is 2.19. The number of ether oxygens (including phenoxy) is 1. The SMILES string of the molecule is CCCCC[C@H](OCc1ccccc1)[C@H](O)[C@H]1C=CC[C@H](CC(=O)O)N1. The predicted molar refractivity (Wildman–Crippen MR) is 102 cm³/mol. The van der Waals surface area contributed by atoms with Crippen LogP contribution in [-0.4, -0.2) is 40.5 Å². The maximum Gasteiger partial charge on any atom is 0.304 e. The van der Waals surface area contributed by atoms with Gasteiger partial charge in [-0.05, 0) is 18.4 Å². The van der Waals surface area contributed by atoms with Gasteiger partial charge in [0.2, 0.25) is 0 Å². The van der Waals surface area contributed by atoms with Crippen molar-refractivity contribution in [2.75, 3.05) is 0 Å². The van der Waals surface area contributed by atoms with Gasteiger partial charge in [-0.1, -0.05) is 68.7 Å². The van der Waals surface area contributed by atoms with E-state index in [0.717, 1.165) is 31.2 Å². The smallest absolute Gasteiger partial charge is 0.304 e. The summed E-state index contributed by atoms with van der Waals surface area (Å²) >= 11 is 0. The van der Waals surface area contributed by atoms with Crippen LogP contribution in [0.1, 0.15) is 51.0 Å². The standard InChI is InChI=1S/C21H31NO4/c1-2-3-5-13-19(26-15-16-9-6-4-7-10-16)21(25)18-12-8-11-17(22-18)14-20(23)24/h4,6-10,12,17-19,21-22,25H,2-3,5,11,13-15H2,1H3,(H,23,24)/t17-,18-,19+,21-/m1/s1. The Labute approximate surface area is 156 Å². The molecule has 0 spiro atoms. The van der Waals surface area contributed by atoms with Crippen molar-refractivity contribution in [3.63, 3.8) is 0 Å². The van der Waals surface area contributed by atoms with Crippen LogP contribution in [0.4, 0.5) is 0 Å². The number of hydrogen-bond donors (Lipinski definition) is 3. The molecule has 0 aromatic heterocycles. The third-order valence-electron chi connectivity index (χ3n) is 4.76. The molecular formula is C21H31NO4. The van der Waals surface area contributed by atoms with Crippen LogP contribution in [0.5, 0.6) is 0 Å². The first-order chi connectivity index (χ1) is 12.6. The summed E-state index contributed by atoms with van der Waals surface area (Å²) in [4.78, 5) is 11.0. The van der Waals surface area contributed by atoms with Crippen LogP contribution in [0.2, 0.25) is 0 Å². The fourth-order valence-electron chi connectivity index (χ4n) is 3.31. The second kappa shape index (κ2) is 11.1. The molecule has 0 amide bonds. The zero-order chi connectivity index (χ0) is 18.8. The van der Waals surface area contributed by atoms with Crippen molar-refractivity contribution in [2.45, 2.75) is 76.3 Å². The molecule has 0 aliphatic carbocycles. The molecule has 0 saturated carbocycles. The van der Waals surface area contributed by atoms with Crippen LogP contribution < -0.4 is 5.32 Å². The summed E-state index contributed by atoms with van der Waals surface area (Å²) in [6.45, 7) is 2.61. The van der Waals surface area contributed by atoms with Gasteiger partial charge in [0.25, 0.3) is 0 Å². The largest absolute Gasteiger partial charge is 0.481 e. The van der Waals surface area contributed by atoms with E-state index < -0.39 is 12.1 Å². The van der Waals surface area contributed by atoms with Gasteiger partial charge >= 0.3 is 5.97 Å². The number of hydrogen-bond acceptors (Lipinski definition) is 4. The van der Waals surface area contributed by atoms with Crippen LogP contribution in [-0.2, 0) is 16.1 Å². The van der Waals surface area contributed by atoms with E-state index in [2.05, 4.69) is 12.2 Å². The van der Waals surface area contributed by atoms with Gasteiger partial charge in [0.05, 0.1) is 31.3 Å². The molecule has 5 nitrogen and oxygen atoms in total. The van der Waals surface area contributed by atoms with E-state index in [9.17, 15) is 9.90 Å². The molecule has 0 saturated heterocycles. The van der Waals surface area contributed by atoms with Crippen molar-refractivity contribution < 1.29 is 19.7 Å². The third-order valence-corrected chi connectivity index (χ3v) is 4.76. The second-order valence-electron chi connectivity index (χ2n) is 6.97. The Bertz CT molecular complexity index is 560. The molecule has 26 heavy (non-hydrogen) atoms. The van der Waals surface area contributed by atoms with Crippen molar-refractivity contribution in [2.24, 2.45) is 0 Å². The number of aliphatic hydroxyl groups is 1. The lowest BCUT2D eigenvalue weighted by molar-refractivity contribution is -0.137. The Balaban J connectivity index is 1.96. The molecule has 0 radical (unpaired) electrons. The molecule has 0 bridgehead atoms. The lowest BCUT2D eigenvalue weighted by Gasteiger charge is -2.33. The zero-order valence-electron chi connectivity index (χ0n) is 15.5. The second-order valence-corrected chi connectivity index (χ2v) is 6.97. The minimum Gasteiger partial charge on any atom is -0.481 e. The molecule has 1 aliphatic rings. The predicted octanol–water partition coefficient (Wildman–Crippen LogP) is 3.27. The third kappa shape index (κ3) is 6.90. The van der Waals surface area contributed by atoms with Gasteiger partial charge in [-0.3, -0.25) is 4.79 Å². The quantitative estimate of drug-likeness (QED) is 0.416. The number of benzene rings is 1. The van der Waals surface area contributed by atoms with E-state index >= 15 is 0 Å². The number of nitrogens with one attached hydrogen (secondary N) is 1. The molecule has 2 rings (SSSR count). The van der Waals surface area contributed by atoms with E-state index in [1.807, 2.05) is 42.5 Å². The highest BCUT2D eigenvalue weighted by atomic mass is 16.5. The number of unbranched alkanes of at least 4 members (excludes halogenated alkanes) is 2. The Morgan fingerprint density at radius 2 is 2.08 bits per heavy atom. The summed E-state index contributed by atoms with van der Waals surface area (Å²) in [5.41, 5.74) is 1.08. The minimum atomic E-state index is -0.828. The fraction of sp³-hybridized carbons (Fsp3) is 0.571. The van der Waals surface area contributed by atoms with E-state index in [1.54, 1.807) is 0 Å². The Kier molecular flexibility index (Phi) is 8.81. The summed E-state index contributed by atoms with van der Waals surface area (Å²) in [5, 5.41) is 23.1. The fourth-order valence-corrected chi connectivity index (χ4v) is 3.31.